The Hall–Kier alpha value is -3.30. The number of benzene rings is 2. The van der Waals surface area contributed by atoms with E-state index in [9.17, 15) is 4.79 Å². The number of carbonyl (C=O) groups is 1. The maximum absolute atomic E-state index is 12.8. The van der Waals surface area contributed by atoms with Crippen LogP contribution >= 0.6 is 23.6 Å². The Labute approximate surface area is 200 Å². The second-order valence-corrected chi connectivity index (χ2v) is 9.06. The zero-order valence-electron chi connectivity index (χ0n) is 18.1. The van der Waals surface area contributed by atoms with Gasteiger partial charge in [-0.3, -0.25) is 14.5 Å². The van der Waals surface area contributed by atoms with E-state index in [-0.39, 0.29) is 12.5 Å². The van der Waals surface area contributed by atoms with E-state index in [1.54, 1.807) is 4.57 Å². The molecule has 0 radical (unpaired) electrons. The Morgan fingerprint density at radius 1 is 1.18 bits per heavy atom. The highest BCUT2D eigenvalue weighted by Crippen LogP contribution is 2.30. The van der Waals surface area contributed by atoms with E-state index in [1.165, 1.54) is 28.9 Å². The summed E-state index contributed by atoms with van der Waals surface area (Å²) in [6, 6.07) is 14.1. The van der Waals surface area contributed by atoms with Gasteiger partial charge in [0.25, 0.3) is 0 Å². The normalized spacial score (nSPS) is 12.5. The zero-order chi connectivity index (χ0) is 22.8. The number of hydrogen-bond donors (Lipinski definition) is 2. The molecule has 0 unspecified atom stereocenters. The molecule has 1 aliphatic rings. The molecular formula is C24H23N5O2S2. The monoisotopic (exact) mass is 477 g/mol. The Morgan fingerprint density at radius 2 is 1.97 bits per heavy atom. The molecule has 0 bridgehead atoms. The van der Waals surface area contributed by atoms with Crippen molar-refractivity contribution in [3.63, 3.8) is 0 Å². The van der Waals surface area contributed by atoms with Crippen LogP contribution in [0.1, 0.15) is 24.5 Å². The highest BCUT2D eigenvalue weighted by Gasteiger charge is 2.16. The van der Waals surface area contributed by atoms with Crippen molar-refractivity contribution >= 4 is 34.6 Å². The number of aryl methyl sites for hydroxylation is 2. The molecule has 0 aliphatic heterocycles. The lowest BCUT2D eigenvalue weighted by molar-refractivity contribution is -0.116. The van der Waals surface area contributed by atoms with Crippen molar-refractivity contribution in [2.75, 3.05) is 11.9 Å². The topological polar surface area (TPSA) is 84.8 Å². The van der Waals surface area contributed by atoms with Crippen LogP contribution in [0.3, 0.4) is 0 Å². The second kappa shape index (κ2) is 9.29. The molecule has 2 N–H and O–H groups in total. The maximum atomic E-state index is 12.8. The fraction of sp³-hybridized carbons (Fsp3) is 0.250. The summed E-state index contributed by atoms with van der Waals surface area (Å²) in [4.78, 5) is 17.4. The van der Waals surface area contributed by atoms with E-state index < -0.39 is 0 Å². The Kier molecular flexibility index (Phi) is 6.06. The fourth-order valence-corrected chi connectivity index (χ4v) is 4.98. The Balaban J connectivity index is 1.29. The largest absolute Gasteiger partial charge is 0.494 e. The van der Waals surface area contributed by atoms with Crippen molar-refractivity contribution in [2.45, 2.75) is 32.7 Å². The number of aromatic amines is 1. The summed E-state index contributed by atoms with van der Waals surface area (Å²) in [7, 11) is 0. The third-order valence-corrected chi connectivity index (χ3v) is 6.70. The second-order valence-electron chi connectivity index (χ2n) is 7.82. The molecule has 1 aliphatic carbocycles. The lowest BCUT2D eigenvalue weighted by Gasteiger charge is -2.08. The number of aromatic nitrogens is 4. The average Bonchev–Trinajstić information content (AvgIpc) is 3.55. The number of hydrogen-bond acceptors (Lipinski definition) is 6. The molecular weight excluding hydrogens is 454 g/mol. The van der Waals surface area contributed by atoms with Gasteiger partial charge in [0, 0.05) is 16.5 Å². The first-order valence-electron chi connectivity index (χ1n) is 10.9. The van der Waals surface area contributed by atoms with Crippen LogP contribution in [0.2, 0.25) is 0 Å². The van der Waals surface area contributed by atoms with Crippen LogP contribution in [-0.4, -0.2) is 32.3 Å². The van der Waals surface area contributed by atoms with Crippen molar-refractivity contribution in [1.82, 2.24) is 19.7 Å². The van der Waals surface area contributed by atoms with E-state index in [1.807, 2.05) is 36.6 Å². The van der Waals surface area contributed by atoms with Gasteiger partial charge in [0.1, 0.15) is 12.3 Å². The molecule has 2 aromatic heterocycles. The minimum atomic E-state index is -0.213. The van der Waals surface area contributed by atoms with Crippen molar-refractivity contribution in [3.05, 3.63) is 63.7 Å². The van der Waals surface area contributed by atoms with Gasteiger partial charge in [0.05, 0.1) is 12.3 Å². The van der Waals surface area contributed by atoms with Gasteiger partial charge in [-0.05, 0) is 79.9 Å². The predicted molar refractivity (Wildman–Crippen MR) is 132 cm³/mol. The minimum absolute atomic E-state index is 0.0334. The van der Waals surface area contributed by atoms with Gasteiger partial charge < -0.3 is 10.1 Å². The van der Waals surface area contributed by atoms with Crippen LogP contribution in [0.15, 0.2) is 47.8 Å². The van der Waals surface area contributed by atoms with Crippen LogP contribution in [-0.2, 0) is 24.2 Å². The highest BCUT2D eigenvalue weighted by molar-refractivity contribution is 7.71. The van der Waals surface area contributed by atoms with E-state index in [0.29, 0.717) is 22.3 Å². The fourth-order valence-electron chi connectivity index (χ4n) is 4.05. The Bertz CT molecular complexity index is 1350. The van der Waals surface area contributed by atoms with E-state index in [4.69, 9.17) is 17.0 Å². The number of thiazole rings is 1. The number of carbonyl (C=O) groups excluding carboxylic acids is 1. The first-order chi connectivity index (χ1) is 16.1. The molecule has 168 valence electrons. The van der Waals surface area contributed by atoms with Crippen LogP contribution in [0.4, 0.5) is 5.13 Å². The van der Waals surface area contributed by atoms with Crippen molar-refractivity contribution in [1.29, 1.82) is 0 Å². The smallest absolute Gasteiger partial charge is 0.246 e. The van der Waals surface area contributed by atoms with Crippen LogP contribution in [0.25, 0.3) is 22.6 Å². The van der Waals surface area contributed by atoms with Gasteiger partial charge in [-0.2, -0.15) is 5.10 Å². The minimum Gasteiger partial charge on any atom is -0.494 e. The highest BCUT2D eigenvalue weighted by atomic mass is 32.1. The molecule has 9 heteroatoms. The Morgan fingerprint density at radius 3 is 2.79 bits per heavy atom. The number of anilines is 1. The summed E-state index contributed by atoms with van der Waals surface area (Å²) in [5.41, 5.74) is 5.64. The zero-order valence-corrected chi connectivity index (χ0v) is 19.8. The van der Waals surface area contributed by atoms with E-state index >= 15 is 0 Å². The summed E-state index contributed by atoms with van der Waals surface area (Å²) in [6.45, 7) is 2.57. The number of rotatable bonds is 7. The number of amides is 1. The molecule has 1 amide bonds. The van der Waals surface area contributed by atoms with Crippen LogP contribution in [0.5, 0.6) is 5.75 Å². The number of nitrogens with zero attached hydrogens (tertiary/aromatic N) is 3. The van der Waals surface area contributed by atoms with Gasteiger partial charge >= 0.3 is 0 Å². The predicted octanol–water partition coefficient (Wildman–Crippen LogP) is 5.26. The third kappa shape index (κ3) is 4.60. The van der Waals surface area contributed by atoms with Crippen molar-refractivity contribution in [3.8, 4) is 28.4 Å². The molecule has 0 saturated heterocycles. The van der Waals surface area contributed by atoms with E-state index in [2.05, 4.69) is 38.7 Å². The lowest BCUT2D eigenvalue weighted by atomic mass is 10.1. The number of H-pyrrole nitrogens is 1. The third-order valence-electron chi connectivity index (χ3n) is 5.63. The molecule has 0 atom stereocenters. The molecule has 7 nitrogen and oxygen atoms in total. The van der Waals surface area contributed by atoms with E-state index in [0.717, 1.165) is 35.4 Å². The number of nitrogens with one attached hydrogen (secondary N) is 2. The standard InChI is InChI=1S/C24H23N5O2S2/c1-2-31-19-10-8-16(9-11-19)22-27-28-24(32)29(22)13-21(30)26-23-25-20(14-33-23)18-7-6-15-4-3-5-17(15)12-18/h6-12,14H,2-5,13H2,1H3,(H,28,32)(H,25,26,30). The van der Waals surface area contributed by atoms with Crippen molar-refractivity contribution in [2.24, 2.45) is 0 Å². The van der Waals surface area contributed by atoms with Gasteiger partial charge in [-0.15, -0.1) is 11.3 Å². The van der Waals surface area contributed by atoms with Gasteiger partial charge in [0.15, 0.2) is 15.7 Å². The van der Waals surface area contributed by atoms with Crippen LogP contribution in [0, 0.1) is 4.77 Å². The number of ether oxygens (including phenoxy) is 1. The summed E-state index contributed by atoms with van der Waals surface area (Å²) >= 11 is 6.77. The summed E-state index contributed by atoms with van der Waals surface area (Å²) < 4.78 is 7.55. The number of fused-ring (bicyclic) bond motifs is 1. The van der Waals surface area contributed by atoms with Gasteiger partial charge in [0.2, 0.25) is 5.91 Å². The van der Waals surface area contributed by atoms with Crippen LogP contribution < -0.4 is 10.1 Å². The van der Waals surface area contributed by atoms with Crippen molar-refractivity contribution < 1.29 is 9.53 Å². The summed E-state index contributed by atoms with van der Waals surface area (Å²) in [5, 5.41) is 12.5. The maximum Gasteiger partial charge on any atom is 0.246 e. The molecule has 2 heterocycles. The molecule has 2 aromatic carbocycles. The molecule has 33 heavy (non-hydrogen) atoms. The molecule has 0 fully saturated rings. The lowest BCUT2D eigenvalue weighted by Crippen LogP contribution is -2.19. The molecule has 4 aromatic rings. The molecule has 0 spiro atoms. The molecule has 0 saturated carbocycles. The first-order valence-corrected chi connectivity index (χ1v) is 12.2. The van der Waals surface area contributed by atoms with Gasteiger partial charge in [-0.1, -0.05) is 12.1 Å². The summed E-state index contributed by atoms with van der Waals surface area (Å²) in [6.07, 6.45) is 3.49. The average molecular weight is 478 g/mol. The SMILES string of the molecule is CCOc1ccc(-c2n[nH]c(=S)n2CC(=O)Nc2nc(-c3ccc4c(c3)CCC4)cs2)cc1. The first kappa shape index (κ1) is 21.5. The quantitative estimate of drug-likeness (QED) is 0.355. The van der Waals surface area contributed by atoms with Gasteiger partial charge in [-0.25, -0.2) is 4.98 Å². The summed E-state index contributed by atoms with van der Waals surface area (Å²) in [5.74, 6) is 1.16. The molecule has 5 rings (SSSR count).